The Morgan fingerprint density at radius 3 is 2.91 bits per heavy atom. The number of hydrogen-bond acceptors (Lipinski definition) is 4. The van der Waals surface area contributed by atoms with Crippen LogP contribution in [0.2, 0.25) is 5.02 Å². The van der Waals surface area contributed by atoms with Crippen LogP contribution in [0.25, 0.3) is 0 Å². The Balaban J connectivity index is 1.72. The molecule has 120 valence electrons. The lowest BCUT2D eigenvalue weighted by Crippen LogP contribution is -2.13. The van der Waals surface area contributed by atoms with Gasteiger partial charge in [-0.25, -0.2) is 4.98 Å². The van der Waals surface area contributed by atoms with Crippen molar-refractivity contribution in [3.8, 4) is 11.6 Å². The van der Waals surface area contributed by atoms with Crippen molar-refractivity contribution in [2.24, 2.45) is 5.92 Å². The van der Waals surface area contributed by atoms with Crippen molar-refractivity contribution in [2.75, 3.05) is 19.0 Å². The molecule has 1 aliphatic carbocycles. The van der Waals surface area contributed by atoms with Crippen molar-refractivity contribution >= 4 is 23.2 Å². The summed E-state index contributed by atoms with van der Waals surface area (Å²) in [5, 5.41) is 3.31. The fourth-order valence-electron chi connectivity index (χ4n) is 2.09. The second-order valence-corrected chi connectivity index (χ2v) is 5.87. The van der Waals surface area contributed by atoms with Gasteiger partial charge in [-0.05, 0) is 43.0 Å². The summed E-state index contributed by atoms with van der Waals surface area (Å²) >= 11 is 5.97. The first-order valence-corrected chi connectivity index (χ1v) is 7.77. The average Bonchev–Trinajstić information content (AvgIpc) is 3.38. The Kier molecular flexibility index (Phi) is 4.67. The van der Waals surface area contributed by atoms with Gasteiger partial charge in [0.25, 0.3) is 5.91 Å². The zero-order valence-corrected chi connectivity index (χ0v) is 13.5. The van der Waals surface area contributed by atoms with Crippen molar-refractivity contribution in [1.82, 2.24) is 4.98 Å². The van der Waals surface area contributed by atoms with Gasteiger partial charge in [-0.3, -0.25) is 4.79 Å². The number of amides is 1. The van der Waals surface area contributed by atoms with Gasteiger partial charge in [0.15, 0.2) is 0 Å². The number of rotatable bonds is 6. The van der Waals surface area contributed by atoms with Crippen molar-refractivity contribution in [3.63, 3.8) is 0 Å². The van der Waals surface area contributed by atoms with E-state index in [2.05, 4.69) is 10.3 Å². The van der Waals surface area contributed by atoms with Gasteiger partial charge in [0.1, 0.15) is 5.75 Å². The molecule has 1 aliphatic rings. The molecule has 0 aliphatic heterocycles. The number of anilines is 1. The number of pyridine rings is 1. The molecule has 1 aromatic carbocycles. The van der Waals surface area contributed by atoms with Gasteiger partial charge in [-0.15, -0.1) is 0 Å². The summed E-state index contributed by atoms with van der Waals surface area (Å²) in [5.74, 6) is 1.36. The van der Waals surface area contributed by atoms with Crippen LogP contribution in [-0.2, 0) is 0 Å². The highest BCUT2D eigenvalue weighted by atomic mass is 35.5. The Hall–Kier alpha value is -2.27. The van der Waals surface area contributed by atoms with Gasteiger partial charge in [-0.2, -0.15) is 0 Å². The van der Waals surface area contributed by atoms with E-state index in [4.69, 9.17) is 21.1 Å². The molecule has 1 amide bonds. The Morgan fingerprint density at radius 1 is 1.35 bits per heavy atom. The number of methoxy groups -OCH3 is 1. The molecule has 0 unspecified atom stereocenters. The first-order chi connectivity index (χ1) is 11.2. The van der Waals surface area contributed by atoms with E-state index in [1.54, 1.807) is 36.5 Å². The van der Waals surface area contributed by atoms with Crippen LogP contribution in [0.15, 0.2) is 36.5 Å². The predicted molar refractivity (Wildman–Crippen MR) is 88.4 cm³/mol. The molecule has 0 atom stereocenters. The predicted octanol–water partition coefficient (Wildman–Crippen LogP) is 3.78. The number of nitrogens with zero attached hydrogens (tertiary/aromatic N) is 1. The first-order valence-electron chi connectivity index (χ1n) is 7.39. The molecule has 0 radical (unpaired) electrons. The Morgan fingerprint density at radius 2 is 2.17 bits per heavy atom. The molecule has 6 heteroatoms. The van der Waals surface area contributed by atoms with Crippen molar-refractivity contribution in [1.29, 1.82) is 0 Å². The van der Waals surface area contributed by atoms with Crippen LogP contribution in [0.5, 0.6) is 11.6 Å². The van der Waals surface area contributed by atoms with Gasteiger partial charge in [0, 0.05) is 22.8 Å². The number of benzene rings is 1. The summed E-state index contributed by atoms with van der Waals surface area (Å²) in [6.07, 6.45) is 3.97. The lowest BCUT2D eigenvalue weighted by Gasteiger charge is -2.11. The summed E-state index contributed by atoms with van der Waals surface area (Å²) in [6.45, 7) is 0.653. The Bertz CT molecular complexity index is 717. The maximum atomic E-state index is 12.4. The molecule has 0 spiro atoms. The van der Waals surface area contributed by atoms with Gasteiger partial charge >= 0.3 is 0 Å². The van der Waals surface area contributed by atoms with Crippen LogP contribution < -0.4 is 14.8 Å². The average molecular weight is 333 g/mol. The summed E-state index contributed by atoms with van der Waals surface area (Å²) in [5.41, 5.74) is 0.982. The van der Waals surface area contributed by atoms with Crippen molar-refractivity contribution in [2.45, 2.75) is 12.8 Å². The second kappa shape index (κ2) is 6.87. The quantitative estimate of drug-likeness (QED) is 0.874. The molecule has 2 aromatic rings. The molecule has 1 aromatic heterocycles. The van der Waals surface area contributed by atoms with E-state index in [1.165, 1.54) is 20.0 Å². The number of hydrogen-bond donors (Lipinski definition) is 1. The van der Waals surface area contributed by atoms with E-state index in [-0.39, 0.29) is 5.91 Å². The van der Waals surface area contributed by atoms with Gasteiger partial charge in [0.2, 0.25) is 5.88 Å². The van der Waals surface area contributed by atoms with E-state index in [1.807, 2.05) is 0 Å². The highest BCUT2D eigenvalue weighted by molar-refractivity contribution is 6.31. The molecule has 1 saturated carbocycles. The number of halogens is 1. The van der Waals surface area contributed by atoms with Crippen LogP contribution in [0, 0.1) is 5.92 Å². The van der Waals surface area contributed by atoms with Crippen LogP contribution in [-0.4, -0.2) is 24.6 Å². The number of nitrogens with one attached hydrogen (secondary N) is 1. The minimum atomic E-state index is -0.274. The maximum Gasteiger partial charge on any atom is 0.256 e. The lowest BCUT2D eigenvalue weighted by molar-refractivity contribution is 0.102. The standard InChI is InChI=1S/C17H17ClN2O3/c1-22-15-5-4-13(18)9-14(15)20-17(21)12-6-7-19-16(8-12)23-10-11-2-3-11/h4-9,11H,2-3,10H2,1H3,(H,20,21). The topological polar surface area (TPSA) is 60.5 Å². The molecule has 5 nitrogen and oxygen atoms in total. The second-order valence-electron chi connectivity index (χ2n) is 5.44. The lowest BCUT2D eigenvalue weighted by atomic mass is 10.2. The minimum absolute atomic E-state index is 0.274. The number of aromatic nitrogens is 1. The van der Waals surface area contributed by atoms with Crippen LogP contribution in [0.4, 0.5) is 5.69 Å². The van der Waals surface area contributed by atoms with Crippen molar-refractivity contribution < 1.29 is 14.3 Å². The number of carbonyl (C=O) groups is 1. The molecule has 3 rings (SSSR count). The molecule has 1 N–H and O–H groups in total. The zero-order valence-electron chi connectivity index (χ0n) is 12.7. The smallest absolute Gasteiger partial charge is 0.256 e. The monoisotopic (exact) mass is 332 g/mol. The van der Waals surface area contributed by atoms with Gasteiger partial charge < -0.3 is 14.8 Å². The van der Waals surface area contributed by atoms with E-state index < -0.39 is 0 Å². The van der Waals surface area contributed by atoms with Crippen LogP contribution in [0.3, 0.4) is 0 Å². The molecular weight excluding hydrogens is 316 g/mol. The highest BCUT2D eigenvalue weighted by Gasteiger charge is 2.22. The summed E-state index contributed by atoms with van der Waals surface area (Å²) in [4.78, 5) is 16.5. The fraction of sp³-hybridized carbons (Fsp3) is 0.294. The molecule has 23 heavy (non-hydrogen) atoms. The third kappa shape index (κ3) is 4.13. The van der Waals surface area contributed by atoms with Crippen LogP contribution >= 0.6 is 11.6 Å². The first kappa shape index (κ1) is 15.6. The molecule has 0 bridgehead atoms. The van der Waals surface area contributed by atoms with Gasteiger partial charge in [-0.1, -0.05) is 11.6 Å². The van der Waals surface area contributed by atoms with Crippen LogP contribution in [0.1, 0.15) is 23.2 Å². The number of carbonyl (C=O) groups excluding carboxylic acids is 1. The Labute approximate surface area is 139 Å². The summed E-state index contributed by atoms with van der Waals surface area (Å²) in [6, 6.07) is 8.32. The van der Waals surface area contributed by atoms with E-state index in [9.17, 15) is 4.79 Å². The molecule has 1 heterocycles. The number of ether oxygens (including phenoxy) is 2. The summed E-state index contributed by atoms with van der Waals surface area (Å²) in [7, 11) is 1.54. The molecule has 1 fully saturated rings. The largest absolute Gasteiger partial charge is 0.495 e. The summed E-state index contributed by atoms with van der Waals surface area (Å²) < 4.78 is 10.8. The maximum absolute atomic E-state index is 12.4. The van der Waals surface area contributed by atoms with E-state index in [0.717, 1.165) is 0 Å². The highest BCUT2D eigenvalue weighted by Crippen LogP contribution is 2.30. The van der Waals surface area contributed by atoms with Gasteiger partial charge in [0.05, 0.1) is 19.4 Å². The SMILES string of the molecule is COc1ccc(Cl)cc1NC(=O)c1ccnc(OCC2CC2)c1. The third-order valence-electron chi connectivity index (χ3n) is 3.57. The normalized spacial score (nSPS) is 13.5. The van der Waals surface area contributed by atoms with Crippen molar-refractivity contribution in [3.05, 3.63) is 47.1 Å². The molecule has 0 saturated heterocycles. The minimum Gasteiger partial charge on any atom is -0.495 e. The third-order valence-corrected chi connectivity index (χ3v) is 3.81. The van der Waals surface area contributed by atoms with E-state index >= 15 is 0 Å². The van der Waals surface area contributed by atoms with E-state index in [0.29, 0.717) is 40.4 Å². The fourth-order valence-corrected chi connectivity index (χ4v) is 2.26. The zero-order chi connectivity index (χ0) is 16.2. The molecular formula is C17H17ClN2O3.